The van der Waals surface area contributed by atoms with Gasteiger partial charge in [0.2, 0.25) is 15.9 Å². The number of ether oxygens (including phenoxy) is 1. The van der Waals surface area contributed by atoms with Crippen molar-refractivity contribution in [2.24, 2.45) is 5.92 Å². The quantitative estimate of drug-likeness (QED) is 0.708. The van der Waals surface area contributed by atoms with Crippen LogP contribution in [-0.4, -0.2) is 50.5 Å². The van der Waals surface area contributed by atoms with Crippen LogP contribution in [0.4, 0.5) is 4.39 Å². The monoisotopic (exact) mass is 373 g/mol. The van der Waals surface area contributed by atoms with E-state index in [0.717, 1.165) is 6.26 Å². The molecule has 1 fully saturated rings. The van der Waals surface area contributed by atoms with Gasteiger partial charge in [0.15, 0.2) is 18.2 Å². The first kappa shape index (κ1) is 19.1. The van der Waals surface area contributed by atoms with Crippen LogP contribution in [0.5, 0.6) is 5.75 Å². The number of sulfonamides is 1. The molecule has 0 atom stereocenters. The highest BCUT2D eigenvalue weighted by Crippen LogP contribution is 2.19. The van der Waals surface area contributed by atoms with Crippen LogP contribution < -0.4 is 15.6 Å². The highest BCUT2D eigenvalue weighted by atomic mass is 32.2. The molecule has 1 aliphatic heterocycles. The summed E-state index contributed by atoms with van der Waals surface area (Å²) in [5, 5.41) is 0. The average molecular weight is 373 g/mol. The van der Waals surface area contributed by atoms with E-state index >= 15 is 0 Å². The lowest BCUT2D eigenvalue weighted by molar-refractivity contribution is -0.132. The number of rotatable bonds is 5. The molecule has 10 heteroatoms. The molecule has 2 N–H and O–H groups in total. The number of hydrazine groups is 1. The van der Waals surface area contributed by atoms with Crippen molar-refractivity contribution in [1.82, 2.24) is 15.2 Å². The smallest absolute Gasteiger partial charge is 0.276 e. The third-order valence-corrected chi connectivity index (χ3v) is 5.12. The van der Waals surface area contributed by atoms with Gasteiger partial charge < -0.3 is 4.74 Å². The fourth-order valence-corrected chi connectivity index (χ4v) is 3.30. The van der Waals surface area contributed by atoms with Gasteiger partial charge in [0, 0.05) is 19.0 Å². The summed E-state index contributed by atoms with van der Waals surface area (Å²) in [6, 6.07) is 5.66. The first-order valence-electron chi connectivity index (χ1n) is 7.68. The van der Waals surface area contributed by atoms with Crippen molar-refractivity contribution >= 4 is 21.8 Å². The van der Waals surface area contributed by atoms with Crippen LogP contribution >= 0.6 is 0 Å². The number of piperidine rings is 1. The molecule has 1 aromatic rings. The predicted molar refractivity (Wildman–Crippen MR) is 87.3 cm³/mol. The van der Waals surface area contributed by atoms with Crippen molar-refractivity contribution in [3.05, 3.63) is 30.1 Å². The maximum absolute atomic E-state index is 13.3. The number of carbonyl (C=O) groups excluding carboxylic acids is 2. The van der Waals surface area contributed by atoms with Crippen LogP contribution in [0.15, 0.2) is 24.3 Å². The van der Waals surface area contributed by atoms with Crippen molar-refractivity contribution in [2.45, 2.75) is 12.8 Å². The molecule has 1 aromatic carbocycles. The summed E-state index contributed by atoms with van der Waals surface area (Å²) in [6.07, 6.45) is 1.88. The molecule has 0 saturated carbocycles. The van der Waals surface area contributed by atoms with Gasteiger partial charge >= 0.3 is 0 Å². The van der Waals surface area contributed by atoms with Crippen molar-refractivity contribution < 1.29 is 27.1 Å². The zero-order chi connectivity index (χ0) is 18.4. The van der Waals surface area contributed by atoms with E-state index in [1.165, 1.54) is 22.5 Å². The highest BCUT2D eigenvalue weighted by molar-refractivity contribution is 7.88. The Hall–Kier alpha value is -2.20. The third-order valence-electron chi connectivity index (χ3n) is 3.81. The van der Waals surface area contributed by atoms with Crippen LogP contribution in [0.25, 0.3) is 0 Å². The largest absolute Gasteiger partial charge is 0.481 e. The lowest BCUT2D eigenvalue weighted by Gasteiger charge is -2.29. The van der Waals surface area contributed by atoms with E-state index in [1.807, 2.05) is 0 Å². The summed E-state index contributed by atoms with van der Waals surface area (Å²) in [5.41, 5.74) is 4.47. The topological polar surface area (TPSA) is 105 Å². The minimum atomic E-state index is -3.25. The third kappa shape index (κ3) is 5.68. The second kappa shape index (κ2) is 8.26. The highest BCUT2D eigenvalue weighted by Gasteiger charge is 2.29. The van der Waals surface area contributed by atoms with Gasteiger partial charge in [0.05, 0.1) is 6.26 Å². The fraction of sp³-hybridized carbons (Fsp3) is 0.467. The lowest BCUT2D eigenvalue weighted by atomic mass is 9.98. The Bertz CT molecular complexity index is 732. The number of nitrogens with one attached hydrogen (secondary N) is 2. The van der Waals surface area contributed by atoms with Crippen molar-refractivity contribution in [2.75, 3.05) is 26.0 Å². The molecule has 0 radical (unpaired) electrons. The van der Waals surface area contributed by atoms with Crippen LogP contribution in [0, 0.1) is 11.7 Å². The molecule has 2 amide bonds. The lowest BCUT2D eigenvalue weighted by Crippen LogP contribution is -2.49. The van der Waals surface area contributed by atoms with E-state index in [0.29, 0.717) is 12.8 Å². The molecule has 1 aliphatic rings. The van der Waals surface area contributed by atoms with E-state index in [4.69, 9.17) is 4.74 Å². The first-order valence-corrected chi connectivity index (χ1v) is 9.53. The first-order chi connectivity index (χ1) is 11.8. The zero-order valence-electron chi connectivity index (χ0n) is 13.7. The van der Waals surface area contributed by atoms with E-state index in [1.54, 1.807) is 6.07 Å². The number of carbonyl (C=O) groups is 2. The van der Waals surface area contributed by atoms with Gasteiger partial charge in [0.1, 0.15) is 0 Å². The maximum Gasteiger partial charge on any atom is 0.276 e. The predicted octanol–water partition coefficient (Wildman–Crippen LogP) is 0.0235. The van der Waals surface area contributed by atoms with E-state index in [9.17, 15) is 22.4 Å². The molecule has 25 heavy (non-hydrogen) atoms. The van der Waals surface area contributed by atoms with Crippen LogP contribution in [0.3, 0.4) is 0 Å². The van der Waals surface area contributed by atoms with Gasteiger partial charge in [-0.15, -0.1) is 0 Å². The van der Waals surface area contributed by atoms with Gasteiger partial charge in [-0.05, 0) is 25.0 Å². The summed E-state index contributed by atoms with van der Waals surface area (Å²) >= 11 is 0. The van der Waals surface area contributed by atoms with Crippen LogP contribution in [-0.2, 0) is 19.6 Å². The Kier molecular flexibility index (Phi) is 6.32. The minimum Gasteiger partial charge on any atom is -0.481 e. The second-order valence-electron chi connectivity index (χ2n) is 5.69. The Balaban J connectivity index is 1.71. The minimum absolute atomic E-state index is 0.0582. The molecule has 138 valence electrons. The Labute approximate surface area is 145 Å². The van der Waals surface area contributed by atoms with Crippen LogP contribution in [0.2, 0.25) is 0 Å². The van der Waals surface area contributed by atoms with E-state index in [2.05, 4.69) is 10.9 Å². The normalized spacial score (nSPS) is 16.2. The summed E-state index contributed by atoms with van der Waals surface area (Å²) < 4.78 is 42.5. The SMILES string of the molecule is CS(=O)(=O)N1CCC(C(=O)NNC(=O)COc2ccccc2F)CC1. The number of nitrogens with zero attached hydrogens (tertiary/aromatic N) is 1. The standard InChI is InChI=1S/C15H20FN3O5S/c1-25(22,23)19-8-6-11(7-9-19)15(21)18-17-14(20)10-24-13-5-3-2-4-12(13)16/h2-5,11H,6-10H2,1H3,(H,17,20)(H,18,21). The van der Waals surface area contributed by atoms with Crippen molar-refractivity contribution in [1.29, 1.82) is 0 Å². The number of benzene rings is 1. The number of halogens is 1. The molecular formula is C15H20FN3O5S. The number of amides is 2. The molecule has 0 aromatic heterocycles. The Morgan fingerprint density at radius 3 is 2.48 bits per heavy atom. The second-order valence-corrected chi connectivity index (χ2v) is 7.68. The molecule has 2 rings (SSSR count). The molecule has 0 bridgehead atoms. The summed E-state index contributed by atoms with van der Waals surface area (Å²) in [6.45, 7) is 0.0796. The van der Waals surface area contributed by atoms with E-state index in [-0.39, 0.29) is 24.8 Å². The molecular weight excluding hydrogens is 353 g/mol. The molecule has 0 spiro atoms. The maximum atomic E-state index is 13.3. The van der Waals surface area contributed by atoms with Crippen molar-refractivity contribution in [3.63, 3.8) is 0 Å². The van der Waals surface area contributed by atoms with Crippen molar-refractivity contribution in [3.8, 4) is 5.75 Å². The van der Waals surface area contributed by atoms with Gasteiger partial charge in [-0.25, -0.2) is 17.1 Å². The van der Waals surface area contributed by atoms with Gasteiger partial charge in [-0.2, -0.15) is 0 Å². The van der Waals surface area contributed by atoms with Crippen LogP contribution in [0.1, 0.15) is 12.8 Å². The van der Waals surface area contributed by atoms with Gasteiger partial charge in [-0.3, -0.25) is 20.4 Å². The Morgan fingerprint density at radius 2 is 1.88 bits per heavy atom. The molecule has 1 saturated heterocycles. The molecule has 0 aliphatic carbocycles. The number of hydrogen-bond donors (Lipinski definition) is 2. The molecule has 1 heterocycles. The molecule has 8 nitrogen and oxygen atoms in total. The Morgan fingerprint density at radius 1 is 1.24 bits per heavy atom. The summed E-state index contributed by atoms with van der Waals surface area (Å²) in [5.74, 6) is -2.06. The average Bonchev–Trinajstić information content (AvgIpc) is 2.58. The number of hydrogen-bond acceptors (Lipinski definition) is 5. The summed E-state index contributed by atoms with van der Waals surface area (Å²) in [4.78, 5) is 23.6. The molecule has 0 unspecified atom stereocenters. The van der Waals surface area contributed by atoms with E-state index < -0.39 is 34.3 Å². The van der Waals surface area contributed by atoms with Gasteiger partial charge in [-0.1, -0.05) is 12.1 Å². The number of para-hydroxylation sites is 1. The fourth-order valence-electron chi connectivity index (χ4n) is 2.42. The zero-order valence-corrected chi connectivity index (χ0v) is 14.5. The van der Waals surface area contributed by atoms with Gasteiger partial charge in [0.25, 0.3) is 5.91 Å². The summed E-state index contributed by atoms with van der Waals surface area (Å²) in [7, 11) is -3.25.